The summed E-state index contributed by atoms with van der Waals surface area (Å²) >= 11 is 5.96. The Morgan fingerprint density at radius 3 is 2.82 bits per heavy atom. The van der Waals surface area contributed by atoms with E-state index < -0.39 is 0 Å². The summed E-state index contributed by atoms with van der Waals surface area (Å²) in [4.78, 5) is 11.3. The van der Waals surface area contributed by atoms with E-state index in [4.69, 9.17) is 21.1 Å². The third kappa shape index (κ3) is 5.09. The first-order valence-corrected chi connectivity index (χ1v) is 6.06. The number of benzene rings is 1. The normalized spacial score (nSPS) is 10.1. The highest BCUT2D eigenvalue weighted by Gasteiger charge is 2.06. The molecule has 0 aliphatic heterocycles. The summed E-state index contributed by atoms with van der Waals surface area (Å²) < 4.78 is 10.2. The van der Waals surface area contributed by atoms with Gasteiger partial charge >= 0.3 is 5.97 Å². The number of unbranched alkanes of at least 4 members (excludes halogenated alkanes) is 1. The summed E-state index contributed by atoms with van der Waals surface area (Å²) in [5, 5.41) is 0.506. The Morgan fingerprint density at radius 2 is 2.18 bits per heavy atom. The molecular weight excluding hydrogens is 240 g/mol. The molecule has 0 bridgehead atoms. The second-order valence-corrected chi connectivity index (χ2v) is 4.20. The number of carbonyl (C=O) groups excluding carboxylic acids is 1. The molecule has 0 spiro atoms. The van der Waals surface area contributed by atoms with Gasteiger partial charge in [0.25, 0.3) is 0 Å². The Balaban J connectivity index is 2.37. The first-order chi connectivity index (χ1) is 8.13. The smallest absolute Gasteiger partial charge is 0.344 e. The number of rotatable bonds is 6. The summed E-state index contributed by atoms with van der Waals surface area (Å²) in [6.45, 7) is 4.32. The van der Waals surface area contributed by atoms with Crippen LogP contribution in [0.25, 0.3) is 0 Å². The van der Waals surface area contributed by atoms with Crippen molar-refractivity contribution in [3.63, 3.8) is 0 Å². The average molecular weight is 257 g/mol. The first kappa shape index (κ1) is 13.8. The molecule has 0 amide bonds. The van der Waals surface area contributed by atoms with Crippen molar-refractivity contribution in [1.29, 1.82) is 0 Å². The van der Waals surface area contributed by atoms with Gasteiger partial charge in [-0.2, -0.15) is 0 Å². The van der Waals surface area contributed by atoms with Gasteiger partial charge in [-0.15, -0.1) is 0 Å². The van der Waals surface area contributed by atoms with E-state index in [1.54, 1.807) is 12.1 Å². The van der Waals surface area contributed by atoms with Crippen LogP contribution in [0.4, 0.5) is 0 Å². The number of hydrogen-bond donors (Lipinski definition) is 0. The molecule has 17 heavy (non-hydrogen) atoms. The van der Waals surface area contributed by atoms with Gasteiger partial charge in [-0.05, 0) is 31.0 Å². The van der Waals surface area contributed by atoms with Crippen molar-refractivity contribution in [1.82, 2.24) is 0 Å². The van der Waals surface area contributed by atoms with Crippen LogP contribution in [-0.2, 0) is 9.53 Å². The Bertz CT molecular complexity index is 377. The fraction of sp³-hybridized carbons (Fsp3) is 0.462. The maximum absolute atomic E-state index is 11.3. The quantitative estimate of drug-likeness (QED) is 0.578. The van der Waals surface area contributed by atoms with Gasteiger partial charge in [0, 0.05) is 0 Å². The zero-order chi connectivity index (χ0) is 12.7. The van der Waals surface area contributed by atoms with E-state index in [2.05, 4.69) is 0 Å². The topological polar surface area (TPSA) is 35.5 Å². The van der Waals surface area contributed by atoms with Gasteiger partial charge < -0.3 is 9.47 Å². The average Bonchev–Trinajstić information content (AvgIpc) is 2.28. The Hall–Kier alpha value is -1.22. The zero-order valence-corrected chi connectivity index (χ0v) is 10.9. The lowest BCUT2D eigenvalue weighted by Crippen LogP contribution is -2.15. The molecule has 0 saturated carbocycles. The van der Waals surface area contributed by atoms with Gasteiger partial charge in [0.1, 0.15) is 5.75 Å². The highest BCUT2D eigenvalue weighted by Crippen LogP contribution is 2.24. The van der Waals surface area contributed by atoms with Crippen molar-refractivity contribution >= 4 is 17.6 Å². The minimum absolute atomic E-state index is 0.105. The van der Waals surface area contributed by atoms with Gasteiger partial charge in [0.15, 0.2) is 6.61 Å². The van der Waals surface area contributed by atoms with Crippen LogP contribution in [0.1, 0.15) is 25.3 Å². The summed E-state index contributed by atoms with van der Waals surface area (Å²) in [6.07, 6.45) is 1.87. The van der Waals surface area contributed by atoms with Crippen LogP contribution in [0, 0.1) is 6.92 Å². The van der Waals surface area contributed by atoms with Crippen LogP contribution in [0.15, 0.2) is 18.2 Å². The van der Waals surface area contributed by atoms with Crippen LogP contribution in [0.2, 0.25) is 5.02 Å². The minimum atomic E-state index is -0.366. The Labute approximate surface area is 107 Å². The molecule has 0 N–H and O–H groups in total. The molecule has 94 valence electrons. The molecule has 0 radical (unpaired) electrons. The minimum Gasteiger partial charge on any atom is -0.480 e. The highest BCUT2D eigenvalue weighted by atomic mass is 35.5. The number of hydrogen-bond acceptors (Lipinski definition) is 3. The van der Waals surface area contributed by atoms with E-state index in [0.717, 1.165) is 18.4 Å². The third-order valence-corrected chi connectivity index (χ3v) is 2.49. The van der Waals surface area contributed by atoms with Gasteiger partial charge in [-0.1, -0.05) is 31.0 Å². The van der Waals surface area contributed by atoms with Crippen molar-refractivity contribution in [2.24, 2.45) is 0 Å². The van der Waals surface area contributed by atoms with Crippen molar-refractivity contribution < 1.29 is 14.3 Å². The van der Waals surface area contributed by atoms with Gasteiger partial charge in [-0.25, -0.2) is 4.79 Å². The van der Waals surface area contributed by atoms with E-state index >= 15 is 0 Å². The summed E-state index contributed by atoms with van der Waals surface area (Å²) in [6, 6.07) is 5.42. The summed E-state index contributed by atoms with van der Waals surface area (Å²) in [5.41, 5.74) is 1.05. The van der Waals surface area contributed by atoms with E-state index in [0.29, 0.717) is 17.4 Å². The molecule has 1 aromatic carbocycles. The van der Waals surface area contributed by atoms with Crippen LogP contribution in [0.5, 0.6) is 5.75 Å². The molecule has 4 heteroatoms. The maximum Gasteiger partial charge on any atom is 0.344 e. The zero-order valence-electron chi connectivity index (χ0n) is 10.2. The standard InChI is InChI=1S/C13H17ClO3/c1-3-4-7-16-13(15)9-17-12-6-5-10(2)8-11(12)14/h5-6,8H,3-4,7,9H2,1-2H3. The van der Waals surface area contributed by atoms with Crippen LogP contribution < -0.4 is 4.74 Å². The number of ether oxygens (including phenoxy) is 2. The largest absolute Gasteiger partial charge is 0.480 e. The monoisotopic (exact) mass is 256 g/mol. The molecule has 0 unspecified atom stereocenters. The summed E-state index contributed by atoms with van der Waals surface area (Å²) in [5.74, 6) is 0.139. The Kier molecular flexibility index (Phi) is 5.84. The van der Waals surface area contributed by atoms with E-state index in [-0.39, 0.29) is 12.6 Å². The SMILES string of the molecule is CCCCOC(=O)COc1ccc(C)cc1Cl. The lowest BCUT2D eigenvalue weighted by atomic mass is 10.2. The van der Waals surface area contributed by atoms with Crippen LogP contribution in [0.3, 0.4) is 0 Å². The lowest BCUT2D eigenvalue weighted by Gasteiger charge is -2.08. The van der Waals surface area contributed by atoms with Crippen molar-refractivity contribution in [2.75, 3.05) is 13.2 Å². The molecule has 0 aliphatic carbocycles. The molecule has 1 rings (SSSR count). The summed E-state index contributed by atoms with van der Waals surface area (Å²) in [7, 11) is 0. The molecule has 0 fully saturated rings. The maximum atomic E-state index is 11.3. The van der Waals surface area contributed by atoms with Crippen molar-refractivity contribution in [3.8, 4) is 5.75 Å². The predicted molar refractivity (Wildman–Crippen MR) is 67.6 cm³/mol. The second kappa shape index (κ2) is 7.17. The molecule has 0 aromatic heterocycles. The van der Waals surface area contributed by atoms with E-state index in [1.165, 1.54) is 0 Å². The number of carbonyl (C=O) groups is 1. The number of halogens is 1. The van der Waals surface area contributed by atoms with E-state index in [9.17, 15) is 4.79 Å². The lowest BCUT2D eigenvalue weighted by molar-refractivity contribution is -0.146. The molecule has 1 aromatic rings. The van der Waals surface area contributed by atoms with Crippen molar-refractivity contribution in [2.45, 2.75) is 26.7 Å². The van der Waals surface area contributed by atoms with Gasteiger partial charge in [-0.3, -0.25) is 0 Å². The van der Waals surface area contributed by atoms with Gasteiger partial charge in [0.2, 0.25) is 0 Å². The first-order valence-electron chi connectivity index (χ1n) is 5.68. The highest BCUT2D eigenvalue weighted by molar-refractivity contribution is 6.32. The van der Waals surface area contributed by atoms with Gasteiger partial charge in [0.05, 0.1) is 11.6 Å². The van der Waals surface area contributed by atoms with Crippen LogP contribution >= 0.6 is 11.6 Å². The Morgan fingerprint density at radius 1 is 1.41 bits per heavy atom. The molecule has 0 heterocycles. The molecular formula is C13H17ClO3. The van der Waals surface area contributed by atoms with E-state index in [1.807, 2.05) is 19.9 Å². The molecule has 0 saturated heterocycles. The second-order valence-electron chi connectivity index (χ2n) is 3.80. The number of esters is 1. The fourth-order valence-corrected chi connectivity index (χ4v) is 1.52. The number of aryl methyl sites for hydroxylation is 1. The fourth-order valence-electron chi connectivity index (χ4n) is 1.23. The van der Waals surface area contributed by atoms with Crippen LogP contribution in [-0.4, -0.2) is 19.2 Å². The van der Waals surface area contributed by atoms with Crippen molar-refractivity contribution in [3.05, 3.63) is 28.8 Å². The molecule has 3 nitrogen and oxygen atoms in total. The molecule has 0 aliphatic rings. The predicted octanol–water partition coefficient (Wildman–Crippen LogP) is 3.37. The third-order valence-electron chi connectivity index (χ3n) is 2.19. The molecule has 0 atom stereocenters.